The summed E-state index contributed by atoms with van der Waals surface area (Å²) in [6.45, 7) is 0. The number of hydrogen-bond donors (Lipinski definition) is 0. The minimum atomic E-state index is -0.501. The van der Waals surface area contributed by atoms with E-state index >= 15 is 0 Å². The summed E-state index contributed by atoms with van der Waals surface area (Å²) in [6, 6.07) is 193. The summed E-state index contributed by atoms with van der Waals surface area (Å²) < 4.78 is 0. The number of rotatable bonds is 0. The van der Waals surface area contributed by atoms with Gasteiger partial charge in [0.2, 0.25) is 0 Å². The molecule has 4 radical (unpaired) electrons. The van der Waals surface area contributed by atoms with Gasteiger partial charge in [0.25, 0.3) is 0 Å². The minimum Gasteiger partial charge on any atom is -0.222 e. The van der Waals surface area contributed by atoms with E-state index < -0.39 is 10.8 Å². The molecular weight excluding hydrogens is 2060 g/mol. The summed E-state index contributed by atoms with van der Waals surface area (Å²) in [4.78, 5) is 0. The molecule has 2 unspecified atom stereocenters. The molecule has 0 bridgehead atoms. The SMILES string of the molecule is [Y].[Y].[Y].[Y].[c-]1cccc2c1-c1[c-]cccc1C13c4ccc[c-]c4-c4[c-]cccc4C21c1cccc2c1-c1c(cccc13)C2.[c-]1cccc2c1-c1[c-]cccc1C13c4cccc5c4-c4c(cccc4C21c1cccc2cccc3c12)C5.[c-]1cccc2c1-c1[c-]cccc1C13c4cccc5cccc(c45)C21c1cccc2cccc3c12.c1cc2c3c(cccc3c1)C13c4cccc5cccc(c45)C21c1cccc2cccc3c12. The summed E-state index contributed by atoms with van der Waals surface area (Å²) in [5, 5.41) is 16.6. The van der Waals surface area contributed by atoms with Crippen molar-refractivity contribution in [2.24, 2.45) is 0 Å². The summed E-state index contributed by atoms with van der Waals surface area (Å²) in [6.07, 6.45) is 1.98. The molecule has 664 valence electrons. The van der Waals surface area contributed by atoms with Gasteiger partial charge in [0.1, 0.15) is 0 Å². The van der Waals surface area contributed by atoms with Crippen molar-refractivity contribution in [2.75, 3.05) is 0 Å². The number of benzene rings is 24. The molecule has 0 N–H and O–H groups in total. The monoisotopic (exact) mass is 2140 g/mol. The van der Waals surface area contributed by atoms with Crippen LogP contribution in [0, 0.1) is 48.5 Å². The van der Waals surface area contributed by atoms with Crippen LogP contribution in [0.25, 0.3) is 131 Å². The van der Waals surface area contributed by atoms with E-state index in [4.69, 9.17) is 0 Å². The summed E-state index contributed by atoms with van der Waals surface area (Å²) in [5.41, 5.74) is 51.6. The normalized spacial score (nSPS) is 21.6. The summed E-state index contributed by atoms with van der Waals surface area (Å²) in [7, 11) is 0. The molecule has 38 rings (SSSR count). The first-order valence-electron chi connectivity index (χ1n) is 50.3. The van der Waals surface area contributed by atoms with Crippen molar-refractivity contribution < 1.29 is 131 Å². The maximum absolute atomic E-state index is 3.69. The van der Waals surface area contributed by atoms with E-state index in [2.05, 4.69) is 485 Å². The Morgan fingerprint density at radius 2 is 0.240 bits per heavy atom. The predicted molar refractivity (Wildman–Crippen MR) is 570 cm³/mol. The van der Waals surface area contributed by atoms with Crippen molar-refractivity contribution in [3.63, 3.8) is 0 Å². The Morgan fingerprint density at radius 3 is 0.397 bits per heavy atom. The van der Waals surface area contributed by atoms with Gasteiger partial charge in [-0.3, -0.25) is 0 Å². The van der Waals surface area contributed by atoms with Crippen molar-refractivity contribution in [3.05, 3.63) is 641 Å². The van der Waals surface area contributed by atoms with Crippen molar-refractivity contribution in [3.8, 4) is 66.8 Å². The zero-order chi connectivity index (χ0) is 92.0. The second-order valence-electron chi connectivity index (χ2n) is 41.6. The second-order valence-corrected chi connectivity index (χ2v) is 41.6. The van der Waals surface area contributed by atoms with E-state index in [0.717, 1.165) is 35.1 Å². The molecule has 2 atom stereocenters. The second kappa shape index (κ2) is 30.5. The quantitative estimate of drug-likeness (QED) is 0.133. The van der Waals surface area contributed by atoms with Crippen molar-refractivity contribution in [1.29, 1.82) is 0 Å². The van der Waals surface area contributed by atoms with Crippen LogP contribution in [0.5, 0.6) is 0 Å². The van der Waals surface area contributed by atoms with E-state index in [1.54, 1.807) is 0 Å². The van der Waals surface area contributed by atoms with Gasteiger partial charge in [0, 0.05) is 152 Å². The first-order valence-corrected chi connectivity index (χ1v) is 50.3. The molecule has 0 fully saturated rings. The van der Waals surface area contributed by atoms with Crippen LogP contribution in [0.1, 0.15) is 156 Å². The Morgan fingerprint density at radius 1 is 0.123 bits per heavy atom. The average molecular weight is 2140 g/mol. The van der Waals surface area contributed by atoms with Crippen molar-refractivity contribution >= 4 is 64.6 Å². The van der Waals surface area contributed by atoms with Crippen LogP contribution in [-0.2, 0) is 187 Å². The summed E-state index contributed by atoms with van der Waals surface area (Å²) >= 11 is 0. The van der Waals surface area contributed by atoms with Gasteiger partial charge in [-0.1, -0.05) is 291 Å². The molecule has 146 heavy (non-hydrogen) atoms. The van der Waals surface area contributed by atoms with Gasteiger partial charge in [-0.25, -0.2) is 44.5 Å². The Bertz CT molecular complexity index is 9170. The molecule has 24 aromatic rings. The molecule has 0 nitrogen and oxygen atoms in total. The van der Waals surface area contributed by atoms with Gasteiger partial charge in [-0.05, 0) is 222 Å². The fourth-order valence-corrected chi connectivity index (χ4v) is 33.6. The molecule has 0 saturated heterocycles. The topological polar surface area (TPSA) is 0 Å². The van der Waals surface area contributed by atoms with Gasteiger partial charge in [0.15, 0.2) is 0 Å². The third-order valence-corrected chi connectivity index (χ3v) is 37.1. The molecule has 0 amide bonds. The molecule has 24 aromatic carbocycles. The number of hydrogen-bond acceptors (Lipinski definition) is 0. The fourth-order valence-electron chi connectivity index (χ4n) is 33.6. The van der Waals surface area contributed by atoms with E-state index in [1.807, 2.05) is 0 Å². The Labute approximate surface area is 948 Å². The Kier molecular flexibility index (Phi) is 18.3. The maximum atomic E-state index is 3.69. The molecule has 0 spiro atoms. The van der Waals surface area contributed by atoms with Crippen LogP contribution < -0.4 is 0 Å². The minimum absolute atomic E-state index is 0. The molecule has 0 aliphatic heterocycles. The Hall–Kier alpha value is -12.7. The standard InChI is InChI=1S/C39H20.C37H20.C34H18.C32H18.4Y/c1-5-17-30-26(13-1)27-14-2-6-18-31(27)39-33-20-8-4-16-29(33)28-15-3-7-19-32(28)38(30,39)34-21-9-11-24-23-25-12-10-22-35(39)37(25)36(24)34;1-3-15-27-25(13-1)26-14-2-4-16-28(26)37-30-18-6-10-22-9-5-17-29(33(22)30)36(27,37)31-19-7-11-23-21-24-12-8-20-32(37)35(24)34(23)31;1-3-15-25-23(13-1)24-14-2-4-16-26(24)34-29-19-7-11-21-9-5-17-27(31(21)29)33(25,34)28-18-6-10-22-12-8-20-30(34)32(22)28;1-7-19-8-2-14-23-28(19)22(13-1)31-24-15-3-9-20-11-5-17-26(29(20)24)32(23,31)27-18-6-12-21-10-4-16-25(31)30(21)27;;;;/h1-12,17-22H,23H2;1-12,15-20H,21H2;1-12,15-20H;1-18H;;;;/q-4;2*-2;;;;;. The van der Waals surface area contributed by atoms with E-state index in [1.165, 1.54) is 265 Å². The maximum Gasteiger partial charge on any atom is 0.0648 e. The predicted octanol–water partition coefficient (Wildman–Crippen LogP) is 31.1. The molecule has 14 aliphatic carbocycles. The van der Waals surface area contributed by atoms with E-state index in [0.29, 0.717) is 0 Å². The molecule has 0 saturated carbocycles. The van der Waals surface area contributed by atoms with Crippen LogP contribution >= 0.6 is 0 Å². The molecular formula is C142H76Y4-8. The van der Waals surface area contributed by atoms with Crippen molar-refractivity contribution in [1.82, 2.24) is 0 Å². The number of fused-ring (bicyclic) bond motifs is 12. The van der Waals surface area contributed by atoms with Crippen LogP contribution in [0.15, 0.2) is 437 Å². The van der Waals surface area contributed by atoms with Gasteiger partial charge >= 0.3 is 0 Å². The van der Waals surface area contributed by atoms with Crippen LogP contribution in [0.4, 0.5) is 0 Å². The molecule has 0 aromatic heterocycles. The first-order chi connectivity index (χ1) is 70.5. The molecule has 0 heterocycles. The van der Waals surface area contributed by atoms with Gasteiger partial charge in [-0.2, -0.15) is 166 Å². The van der Waals surface area contributed by atoms with Gasteiger partial charge in [-0.15, -0.1) is 72.8 Å². The largest absolute Gasteiger partial charge is 0.222 e. The van der Waals surface area contributed by atoms with Crippen LogP contribution in [0.3, 0.4) is 0 Å². The fraction of sp³-hybridized carbons (Fsp3) is 0.0704. The van der Waals surface area contributed by atoms with Crippen LogP contribution in [-0.4, -0.2) is 0 Å². The average Bonchev–Trinajstić information content (AvgIpc) is 1.45. The van der Waals surface area contributed by atoms with Gasteiger partial charge in [0.05, 0.1) is 10.8 Å². The molecule has 14 aliphatic rings. The third kappa shape index (κ3) is 9.38. The van der Waals surface area contributed by atoms with Gasteiger partial charge < -0.3 is 0 Å². The zero-order valence-electron chi connectivity index (χ0n) is 79.3. The zero-order valence-corrected chi connectivity index (χ0v) is 90.6. The smallest absolute Gasteiger partial charge is 0.0648 e. The third-order valence-electron chi connectivity index (χ3n) is 37.1. The summed E-state index contributed by atoms with van der Waals surface area (Å²) in [5.74, 6) is 0. The Balaban J connectivity index is 0.0000000878. The van der Waals surface area contributed by atoms with E-state index in [-0.39, 0.29) is 163 Å². The van der Waals surface area contributed by atoms with Crippen LogP contribution in [0.2, 0.25) is 0 Å². The first kappa shape index (κ1) is 87.5. The van der Waals surface area contributed by atoms with E-state index in [9.17, 15) is 0 Å². The van der Waals surface area contributed by atoms with Crippen molar-refractivity contribution in [2.45, 2.75) is 56.2 Å². The molecule has 4 heteroatoms.